The van der Waals surface area contributed by atoms with Gasteiger partial charge in [0.1, 0.15) is 0 Å². The zero-order chi connectivity index (χ0) is 25.5. The number of nitrogens with one attached hydrogen (secondary N) is 2. The van der Waals surface area contributed by atoms with E-state index in [0.717, 1.165) is 17.1 Å². The van der Waals surface area contributed by atoms with Gasteiger partial charge in [-0.25, -0.2) is 4.98 Å². The summed E-state index contributed by atoms with van der Waals surface area (Å²) in [5.41, 5.74) is 2.81. The van der Waals surface area contributed by atoms with Crippen LogP contribution in [0.15, 0.2) is 72.9 Å². The Morgan fingerprint density at radius 3 is 2.22 bits per heavy atom. The first-order valence-corrected chi connectivity index (χ1v) is 12.3. The van der Waals surface area contributed by atoms with Crippen molar-refractivity contribution in [1.29, 1.82) is 0 Å². The third kappa shape index (κ3) is 6.01. The van der Waals surface area contributed by atoms with Crippen molar-refractivity contribution in [2.24, 2.45) is 0 Å². The summed E-state index contributed by atoms with van der Waals surface area (Å²) in [5, 5.41) is 16.0. The summed E-state index contributed by atoms with van der Waals surface area (Å²) in [7, 11) is 0. The van der Waals surface area contributed by atoms with Crippen molar-refractivity contribution in [3.05, 3.63) is 89.6 Å². The lowest BCUT2D eigenvalue weighted by atomic mass is 10.1. The highest BCUT2D eigenvalue weighted by atomic mass is 16.3. The Labute approximate surface area is 212 Å². The summed E-state index contributed by atoms with van der Waals surface area (Å²) in [6.07, 6.45) is 1.79. The summed E-state index contributed by atoms with van der Waals surface area (Å²) < 4.78 is 0. The van der Waals surface area contributed by atoms with E-state index in [2.05, 4.69) is 34.4 Å². The van der Waals surface area contributed by atoms with E-state index in [1.807, 2.05) is 47.4 Å². The van der Waals surface area contributed by atoms with Crippen LogP contribution in [0.4, 0.5) is 11.5 Å². The lowest BCUT2D eigenvalue weighted by molar-refractivity contribution is 0.0746. The summed E-state index contributed by atoms with van der Waals surface area (Å²) in [6.45, 7) is 6.55. The Morgan fingerprint density at radius 1 is 0.917 bits per heavy atom. The third-order valence-electron chi connectivity index (χ3n) is 6.18. The molecule has 188 valence electrons. The number of nitrogens with zero attached hydrogens (tertiary/aromatic N) is 3. The fourth-order valence-electron chi connectivity index (χ4n) is 4.30. The largest absolute Gasteiger partial charge is 0.394 e. The minimum absolute atomic E-state index is 0.0549. The molecular weight excluding hydrogens is 454 g/mol. The molecule has 0 saturated carbocycles. The number of amides is 2. The van der Waals surface area contributed by atoms with Crippen LogP contribution in [0.3, 0.4) is 0 Å². The van der Waals surface area contributed by atoms with Gasteiger partial charge in [-0.2, -0.15) is 0 Å². The Bertz CT molecular complexity index is 1160. The van der Waals surface area contributed by atoms with Crippen molar-refractivity contribution in [2.45, 2.75) is 25.9 Å². The molecular formula is C28H33N5O3. The Hall–Kier alpha value is -3.91. The predicted octanol–water partition coefficient (Wildman–Crippen LogP) is 3.33. The molecule has 8 nitrogen and oxygen atoms in total. The number of aromatic nitrogens is 1. The van der Waals surface area contributed by atoms with E-state index in [-0.39, 0.29) is 18.4 Å². The average molecular weight is 488 g/mol. The van der Waals surface area contributed by atoms with Crippen LogP contribution in [0.1, 0.15) is 46.2 Å². The molecule has 1 atom stereocenters. The molecule has 0 aliphatic carbocycles. The zero-order valence-electron chi connectivity index (χ0n) is 20.7. The second kappa shape index (κ2) is 11.7. The first kappa shape index (κ1) is 25.2. The van der Waals surface area contributed by atoms with E-state index in [9.17, 15) is 14.7 Å². The highest BCUT2D eigenvalue weighted by molar-refractivity contribution is 5.98. The van der Waals surface area contributed by atoms with E-state index < -0.39 is 6.04 Å². The van der Waals surface area contributed by atoms with E-state index >= 15 is 0 Å². The molecule has 0 spiro atoms. The Kier molecular flexibility index (Phi) is 8.17. The highest BCUT2D eigenvalue weighted by Gasteiger charge is 2.24. The van der Waals surface area contributed by atoms with Gasteiger partial charge in [-0.05, 0) is 55.8 Å². The number of pyridine rings is 1. The van der Waals surface area contributed by atoms with Crippen LogP contribution in [0, 0.1) is 0 Å². The molecule has 1 aliphatic heterocycles. The summed E-state index contributed by atoms with van der Waals surface area (Å²) in [6, 6.07) is 19.7. The molecule has 4 rings (SSSR count). The first-order valence-electron chi connectivity index (χ1n) is 12.3. The lowest BCUT2D eigenvalue weighted by Crippen LogP contribution is -2.49. The number of rotatable bonds is 8. The lowest BCUT2D eigenvalue weighted by Gasteiger charge is -2.36. The second-order valence-corrected chi connectivity index (χ2v) is 9.15. The van der Waals surface area contributed by atoms with E-state index in [4.69, 9.17) is 0 Å². The maximum atomic E-state index is 13.1. The SMILES string of the molecule is CC(C)Nc1cccnc1N1CCN(C(=O)c2ccc(C(=O)N[C@H](CO)c3ccccc3)cc2)CC1. The summed E-state index contributed by atoms with van der Waals surface area (Å²) in [5.74, 6) is 0.553. The van der Waals surface area contributed by atoms with Crippen LogP contribution in [-0.2, 0) is 0 Å². The van der Waals surface area contributed by atoms with Crippen LogP contribution >= 0.6 is 0 Å². The Morgan fingerprint density at radius 2 is 1.58 bits per heavy atom. The van der Waals surface area contributed by atoms with Gasteiger partial charge in [0.05, 0.1) is 18.3 Å². The van der Waals surface area contributed by atoms with Gasteiger partial charge in [0, 0.05) is 49.5 Å². The fraction of sp³-hybridized carbons (Fsp3) is 0.321. The van der Waals surface area contributed by atoms with Gasteiger partial charge >= 0.3 is 0 Å². The van der Waals surface area contributed by atoms with Gasteiger partial charge in [-0.15, -0.1) is 0 Å². The maximum Gasteiger partial charge on any atom is 0.253 e. The van der Waals surface area contributed by atoms with Gasteiger partial charge in [0.2, 0.25) is 0 Å². The molecule has 1 fully saturated rings. The number of hydrogen-bond donors (Lipinski definition) is 3. The van der Waals surface area contributed by atoms with Crippen molar-refractivity contribution in [3.63, 3.8) is 0 Å². The molecule has 3 aromatic rings. The molecule has 0 bridgehead atoms. The van der Waals surface area contributed by atoms with Crippen molar-refractivity contribution in [3.8, 4) is 0 Å². The molecule has 0 radical (unpaired) electrons. The molecule has 8 heteroatoms. The first-order chi connectivity index (χ1) is 17.5. The standard InChI is InChI=1S/C28H33N5O3/c1-20(2)30-24-9-6-14-29-26(24)32-15-17-33(18-16-32)28(36)23-12-10-22(11-13-23)27(35)31-25(19-34)21-7-4-3-5-8-21/h3-14,20,25,30,34H,15-19H2,1-2H3,(H,31,35)/t25-/m1/s1. The molecule has 3 N–H and O–H groups in total. The number of carbonyl (C=O) groups excluding carboxylic acids is 2. The van der Waals surface area contributed by atoms with Crippen LogP contribution < -0.4 is 15.5 Å². The monoisotopic (exact) mass is 487 g/mol. The summed E-state index contributed by atoms with van der Waals surface area (Å²) in [4.78, 5) is 34.4. The molecule has 1 saturated heterocycles. The van der Waals surface area contributed by atoms with E-state index in [1.165, 1.54) is 0 Å². The highest BCUT2D eigenvalue weighted by Crippen LogP contribution is 2.25. The van der Waals surface area contributed by atoms with Gasteiger partial charge in [-0.1, -0.05) is 30.3 Å². The van der Waals surface area contributed by atoms with Crippen LogP contribution in [0.25, 0.3) is 0 Å². The van der Waals surface area contributed by atoms with Crippen molar-refractivity contribution >= 4 is 23.3 Å². The van der Waals surface area contributed by atoms with E-state index in [0.29, 0.717) is 43.3 Å². The van der Waals surface area contributed by atoms with Gasteiger partial charge in [0.15, 0.2) is 5.82 Å². The van der Waals surface area contributed by atoms with Crippen molar-refractivity contribution < 1.29 is 14.7 Å². The zero-order valence-corrected chi connectivity index (χ0v) is 20.7. The van der Waals surface area contributed by atoms with Crippen LogP contribution in [0.2, 0.25) is 0 Å². The molecule has 2 heterocycles. The molecule has 1 aliphatic rings. The molecule has 2 aromatic carbocycles. The summed E-state index contributed by atoms with van der Waals surface area (Å²) >= 11 is 0. The van der Waals surface area contributed by atoms with Crippen molar-refractivity contribution in [2.75, 3.05) is 43.0 Å². The third-order valence-corrected chi connectivity index (χ3v) is 6.18. The number of piperazine rings is 1. The normalized spacial score (nSPS) is 14.4. The van der Waals surface area contributed by atoms with Crippen LogP contribution in [-0.4, -0.2) is 65.6 Å². The molecule has 36 heavy (non-hydrogen) atoms. The van der Waals surface area contributed by atoms with Gasteiger partial charge in [-0.3, -0.25) is 9.59 Å². The molecule has 1 aromatic heterocycles. The van der Waals surface area contributed by atoms with Crippen LogP contribution in [0.5, 0.6) is 0 Å². The van der Waals surface area contributed by atoms with Gasteiger partial charge < -0.3 is 25.5 Å². The van der Waals surface area contributed by atoms with Crippen molar-refractivity contribution in [1.82, 2.24) is 15.2 Å². The quantitative estimate of drug-likeness (QED) is 0.451. The fourth-order valence-corrected chi connectivity index (χ4v) is 4.30. The number of aliphatic hydroxyl groups excluding tert-OH is 1. The number of carbonyl (C=O) groups is 2. The number of benzene rings is 2. The molecule has 2 amide bonds. The second-order valence-electron chi connectivity index (χ2n) is 9.15. The minimum atomic E-state index is -0.494. The number of hydrogen-bond acceptors (Lipinski definition) is 6. The molecule has 0 unspecified atom stereocenters. The predicted molar refractivity (Wildman–Crippen MR) is 141 cm³/mol. The Balaban J connectivity index is 1.35. The number of aliphatic hydroxyl groups is 1. The average Bonchev–Trinajstić information content (AvgIpc) is 2.92. The minimum Gasteiger partial charge on any atom is -0.394 e. The number of anilines is 2. The topological polar surface area (TPSA) is 97.8 Å². The van der Waals surface area contributed by atoms with E-state index in [1.54, 1.807) is 30.5 Å². The maximum absolute atomic E-state index is 13.1. The van der Waals surface area contributed by atoms with Gasteiger partial charge in [0.25, 0.3) is 11.8 Å². The smallest absolute Gasteiger partial charge is 0.253 e.